The molecule has 17 heavy (non-hydrogen) atoms. The summed E-state index contributed by atoms with van der Waals surface area (Å²) in [5, 5.41) is 0. The number of carbonyl (C=O) groups excluding carboxylic acids is 1. The average Bonchev–Trinajstić information content (AvgIpc) is 3.12. The monoisotopic (exact) mass is 237 g/mol. The zero-order valence-electron chi connectivity index (χ0n) is 11.5. The molecular formula is C15H27NO. The van der Waals surface area contributed by atoms with Gasteiger partial charge in [-0.15, -0.1) is 0 Å². The SMILES string of the molecule is CCN(CC1CC1)CC1(C=O)CCCC(C)C1. The van der Waals surface area contributed by atoms with Crippen molar-refractivity contribution in [1.82, 2.24) is 4.90 Å². The van der Waals surface area contributed by atoms with Gasteiger partial charge >= 0.3 is 0 Å². The summed E-state index contributed by atoms with van der Waals surface area (Å²) in [4.78, 5) is 14.1. The molecule has 0 aromatic carbocycles. The molecule has 0 aromatic heterocycles. The topological polar surface area (TPSA) is 20.3 Å². The van der Waals surface area contributed by atoms with Crippen LogP contribution in [0.5, 0.6) is 0 Å². The molecule has 98 valence electrons. The summed E-state index contributed by atoms with van der Waals surface area (Å²) in [7, 11) is 0. The predicted molar refractivity (Wildman–Crippen MR) is 71.0 cm³/mol. The molecule has 0 aromatic rings. The second-order valence-electron chi connectivity index (χ2n) is 6.45. The molecule has 2 rings (SSSR count). The van der Waals surface area contributed by atoms with E-state index in [0.29, 0.717) is 0 Å². The maximum atomic E-state index is 11.6. The lowest BCUT2D eigenvalue weighted by Crippen LogP contribution is -2.42. The molecule has 0 aliphatic heterocycles. The molecule has 0 heterocycles. The van der Waals surface area contributed by atoms with Crippen LogP contribution in [0, 0.1) is 17.3 Å². The summed E-state index contributed by atoms with van der Waals surface area (Å²) in [5.41, 5.74) is -0.0252. The molecule has 0 spiro atoms. The maximum Gasteiger partial charge on any atom is 0.127 e. The third kappa shape index (κ3) is 3.54. The van der Waals surface area contributed by atoms with Crippen molar-refractivity contribution < 1.29 is 4.79 Å². The minimum absolute atomic E-state index is 0.0252. The van der Waals surface area contributed by atoms with Gasteiger partial charge in [0.15, 0.2) is 0 Å². The number of carbonyl (C=O) groups is 1. The van der Waals surface area contributed by atoms with E-state index >= 15 is 0 Å². The fourth-order valence-electron chi connectivity index (χ4n) is 3.40. The van der Waals surface area contributed by atoms with Crippen LogP contribution in [0.3, 0.4) is 0 Å². The Morgan fingerprint density at radius 1 is 1.35 bits per heavy atom. The van der Waals surface area contributed by atoms with Crippen molar-refractivity contribution in [3.05, 3.63) is 0 Å². The van der Waals surface area contributed by atoms with Gasteiger partial charge in [-0.25, -0.2) is 0 Å². The lowest BCUT2D eigenvalue weighted by molar-refractivity contribution is -0.120. The average molecular weight is 237 g/mol. The summed E-state index contributed by atoms with van der Waals surface area (Å²) in [6, 6.07) is 0. The predicted octanol–water partition coefficient (Wildman–Crippen LogP) is 3.11. The second-order valence-corrected chi connectivity index (χ2v) is 6.45. The van der Waals surface area contributed by atoms with Crippen LogP contribution < -0.4 is 0 Å². The Bertz CT molecular complexity index is 262. The standard InChI is InChI=1S/C15H27NO/c1-3-16(10-14-6-7-14)11-15(12-17)8-4-5-13(2)9-15/h12-14H,3-11H2,1-2H3. The summed E-state index contributed by atoms with van der Waals surface area (Å²) < 4.78 is 0. The van der Waals surface area contributed by atoms with Crippen LogP contribution in [0.15, 0.2) is 0 Å². The first-order valence-electron chi connectivity index (χ1n) is 7.36. The summed E-state index contributed by atoms with van der Waals surface area (Å²) in [5.74, 6) is 1.66. The van der Waals surface area contributed by atoms with Gasteiger partial charge in [-0.1, -0.05) is 26.7 Å². The lowest BCUT2D eigenvalue weighted by Gasteiger charge is -2.39. The van der Waals surface area contributed by atoms with Gasteiger partial charge in [0.25, 0.3) is 0 Å². The smallest absolute Gasteiger partial charge is 0.127 e. The molecular weight excluding hydrogens is 210 g/mol. The van der Waals surface area contributed by atoms with E-state index in [0.717, 1.165) is 37.8 Å². The Labute approximate surface area is 106 Å². The fraction of sp³-hybridized carbons (Fsp3) is 0.933. The third-order valence-electron chi connectivity index (χ3n) is 4.58. The third-order valence-corrected chi connectivity index (χ3v) is 4.58. The molecule has 2 unspecified atom stereocenters. The van der Waals surface area contributed by atoms with E-state index in [-0.39, 0.29) is 5.41 Å². The zero-order valence-corrected chi connectivity index (χ0v) is 11.5. The van der Waals surface area contributed by atoms with Gasteiger partial charge in [-0.3, -0.25) is 0 Å². The molecule has 0 radical (unpaired) electrons. The van der Waals surface area contributed by atoms with Gasteiger partial charge in [0.1, 0.15) is 6.29 Å². The van der Waals surface area contributed by atoms with Crippen molar-refractivity contribution >= 4 is 6.29 Å². The largest absolute Gasteiger partial charge is 0.303 e. The first-order valence-corrected chi connectivity index (χ1v) is 7.36. The van der Waals surface area contributed by atoms with Crippen LogP contribution in [-0.4, -0.2) is 30.8 Å². The zero-order chi connectivity index (χ0) is 12.3. The van der Waals surface area contributed by atoms with Crippen LogP contribution >= 0.6 is 0 Å². The Morgan fingerprint density at radius 3 is 2.65 bits per heavy atom. The Hall–Kier alpha value is -0.370. The van der Waals surface area contributed by atoms with Gasteiger partial charge in [0.05, 0.1) is 0 Å². The molecule has 0 bridgehead atoms. The van der Waals surface area contributed by atoms with Gasteiger partial charge in [0.2, 0.25) is 0 Å². The lowest BCUT2D eigenvalue weighted by atomic mass is 9.70. The summed E-state index contributed by atoms with van der Waals surface area (Å²) in [6.07, 6.45) is 8.85. The highest BCUT2D eigenvalue weighted by Crippen LogP contribution is 2.39. The fourth-order valence-corrected chi connectivity index (χ4v) is 3.40. The number of nitrogens with zero attached hydrogens (tertiary/aromatic N) is 1. The van der Waals surface area contributed by atoms with Gasteiger partial charge in [0, 0.05) is 18.5 Å². The molecule has 2 heteroatoms. The van der Waals surface area contributed by atoms with E-state index in [1.54, 1.807) is 0 Å². The van der Waals surface area contributed by atoms with Gasteiger partial charge < -0.3 is 9.69 Å². The van der Waals surface area contributed by atoms with Crippen LogP contribution in [-0.2, 0) is 4.79 Å². The number of hydrogen-bond acceptors (Lipinski definition) is 2. The Morgan fingerprint density at radius 2 is 2.12 bits per heavy atom. The normalized spacial score (nSPS) is 33.9. The molecule has 0 amide bonds. The molecule has 2 atom stereocenters. The highest BCUT2D eigenvalue weighted by molar-refractivity contribution is 5.60. The number of aldehydes is 1. The van der Waals surface area contributed by atoms with E-state index in [4.69, 9.17) is 0 Å². The number of hydrogen-bond donors (Lipinski definition) is 0. The molecule has 0 N–H and O–H groups in total. The molecule has 2 fully saturated rings. The van der Waals surface area contributed by atoms with Crippen molar-refractivity contribution in [3.8, 4) is 0 Å². The van der Waals surface area contributed by atoms with Crippen LogP contribution in [0.2, 0.25) is 0 Å². The molecule has 2 saturated carbocycles. The van der Waals surface area contributed by atoms with Gasteiger partial charge in [-0.05, 0) is 44.1 Å². The van der Waals surface area contributed by atoms with E-state index in [1.807, 2.05) is 0 Å². The summed E-state index contributed by atoms with van der Waals surface area (Å²) >= 11 is 0. The van der Waals surface area contributed by atoms with E-state index in [2.05, 4.69) is 18.7 Å². The first-order chi connectivity index (χ1) is 8.17. The van der Waals surface area contributed by atoms with E-state index in [9.17, 15) is 4.79 Å². The highest BCUT2D eigenvalue weighted by Gasteiger charge is 2.37. The van der Waals surface area contributed by atoms with Crippen molar-refractivity contribution in [1.29, 1.82) is 0 Å². The van der Waals surface area contributed by atoms with Crippen LogP contribution in [0.25, 0.3) is 0 Å². The Balaban J connectivity index is 1.93. The van der Waals surface area contributed by atoms with Crippen LogP contribution in [0.1, 0.15) is 52.4 Å². The van der Waals surface area contributed by atoms with Gasteiger partial charge in [-0.2, -0.15) is 0 Å². The Kier molecular flexibility index (Phi) is 4.24. The van der Waals surface area contributed by atoms with E-state index < -0.39 is 0 Å². The van der Waals surface area contributed by atoms with Crippen molar-refractivity contribution in [3.63, 3.8) is 0 Å². The second kappa shape index (κ2) is 5.51. The molecule has 2 aliphatic carbocycles. The molecule has 2 nitrogen and oxygen atoms in total. The summed E-state index contributed by atoms with van der Waals surface area (Å²) in [6.45, 7) is 7.86. The van der Waals surface area contributed by atoms with Crippen molar-refractivity contribution in [2.75, 3.05) is 19.6 Å². The number of rotatable bonds is 6. The van der Waals surface area contributed by atoms with Crippen LogP contribution in [0.4, 0.5) is 0 Å². The van der Waals surface area contributed by atoms with E-state index in [1.165, 1.54) is 38.5 Å². The van der Waals surface area contributed by atoms with Crippen molar-refractivity contribution in [2.24, 2.45) is 17.3 Å². The highest BCUT2D eigenvalue weighted by atomic mass is 16.1. The minimum Gasteiger partial charge on any atom is -0.303 e. The van der Waals surface area contributed by atoms with Crippen molar-refractivity contribution in [2.45, 2.75) is 52.4 Å². The maximum absolute atomic E-state index is 11.6. The molecule has 0 saturated heterocycles. The minimum atomic E-state index is -0.0252. The molecule has 2 aliphatic rings. The quantitative estimate of drug-likeness (QED) is 0.662. The first kappa shape index (κ1) is 13.1.